The smallest absolute Gasteiger partial charge is 0.409 e. The molecule has 1 N–H and O–H groups in total. The third-order valence-corrected chi connectivity index (χ3v) is 4.51. The Balaban J connectivity index is 2.06. The summed E-state index contributed by atoms with van der Waals surface area (Å²) in [5, 5.41) is 0.975. The molecular formula is C19H27F3N2O2. The van der Waals surface area contributed by atoms with E-state index in [-0.39, 0.29) is 12.1 Å². The van der Waals surface area contributed by atoms with E-state index in [1.54, 1.807) is 26.0 Å². The zero-order valence-corrected chi connectivity index (χ0v) is 15.5. The molecule has 1 aromatic carbocycles. The molecule has 0 aromatic heterocycles. The topological polar surface area (TPSA) is 41.6 Å². The second-order valence-corrected chi connectivity index (χ2v) is 7.38. The van der Waals surface area contributed by atoms with Crippen LogP contribution in [0.4, 0.5) is 13.2 Å². The number of hydrogen-bond donors (Lipinski definition) is 1. The Labute approximate surface area is 152 Å². The largest absolute Gasteiger partial charge is 0.494 e. The first kappa shape index (κ1) is 20.6. The van der Waals surface area contributed by atoms with E-state index in [9.17, 15) is 18.0 Å². The first-order chi connectivity index (χ1) is 12.1. The Kier molecular flexibility index (Phi) is 6.55. The summed E-state index contributed by atoms with van der Waals surface area (Å²) in [4.78, 5) is 11.9. The number of ether oxygens (including phenoxy) is 1. The van der Waals surface area contributed by atoms with Crippen molar-refractivity contribution in [3.63, 3.8) is 0 Å². The molecule has 1 aliphatic rings. The maximum absolute atomic E-state index is 13.6. The van der Waals surface area contributed by atoms with E-state index in [1.165, 1.54) is 12.1 Å². The standard InChI is InChI=1S/C19H27F3N2O2/c1-4-5-6-7-12-26-15-10-8-14(9-11-15)16(19(20,21)22)24-13-18(2,3)17(25)23-24/h8-11,16H,4-7,12-13H2,1-3H3,(H,23,25). The highest BCUT2D eigenvalue weighted by Crippen LogP contribution is 2.40. The molecule has 4 nitrogen and oxygen atoms in total. The van der Waals surface area contributed by atoms with Crippen LogP contribution in [0.5, 0.6) is 5.75 Å². The van der Waals surface area contributed by atoms with Gasteiger partial charge in [-0.3, -0.25) is 10.2 Å². The molecule has 2 rings (SSSR count). The summed E-state index contributed by atoms with van der Waals surface area (Å²) >= 11 is 0. The second-order valence-electron chi connectivity index (χ2n) is 7.38. The van der Waals surface area contributed by atoms with Crippen molar-refractivity contribution in [2.45, 2.75) is 58.7 Å². The Morgan fingerprint density at radius 3 is 2.35 bits per heavy atom. The van der Waals surface area contributed by atoms with Gasteiger partial charge in [0.2, 0.25) is 5.91 Å². The zero-order valence-electron chi connectivity index (χ0n) is 15.5. The fourth-order valence-electron chi connectivity index (χ4n) is 2.99. The summed E-state index contributed by atoms with van der Waals surface area (Å²) in [5.74, 6) is 0.149. The summed E-state index contributed by atoms with van der Waals surface area (Å²) in [5.41, 5.74) is 1.58. The van der Waals surface area contributed by atoms with Gasteiger partial charge in [-0.2, -0.15) is 13.2 Å². The molecule has 1 aromatic rings. The number of carbonyl (C=O) groups is 1. The fourth-order valence-corrected chi connectivity index (χ4v) is 2.99. The monoisotopic (exact) mass is 372 g/mol. The molecular weight excluding hydrogens is 345 g/mol. The van der Waals surface area contributed by atoms with Gasteiger partial charge in [0.25, 0.3) is 0 Å². The predicted octanol–water partition coefficient (Wildman–Crippen LogP) is 4.62. The van der Waals surface area contributed by atoms with Crippen molar-refractivity contribution in [2.75, 3.05) is 13.2 Å². The number of halogens is 3. The van der Waals surface area contributed by atoms with Gasteiger partial charge in [0.05, 0.1) is 12.0 Å². The number of nitrogens with one attached hydrogen (secondary N) is 1. The highest BCUT2D eigenvalue weighted by molar-refractivity contribution is 5.83. The van der Waals surface area contributed by atoms with Gasteiger partial charge in [-0.1, -0.05) is 38.3 Å². The van der Waals surface area contributed by atoms with Crippen LogP contribution in [0.1, 0.15) is 58.1 Å². The van der Waals surface area contributed by atoms with Crippen LogP contribution >= 0.6 is 0 Å². The molecule has 1 fully saturated rings. The molecule has 7 heteroatoms. The summed E-state index contributed by atoms with van der Waals surface area (Å²) in [7, 11) is 0. The van der Waals surface area contributed by atoms with Gasteiger partial charge in [-0.05, 0) is 38.0 Å². The van der Waals surface area contributed by atoms with Gasteiger partial charge >= 0.3 is 6.18 Å². The Hall–Kier alpha value is -1.76. The van der Waals surface area contributed by atoms with E-state index in [2.05, 4.69) is 12.3 Å². The molecule has 1 atom stereocenters. The van der Waals surface area contributed by atoms with Crippen molar-refractivity contribution in [1.29, 1.82) is 0 Å². The van der Waals surface area contributed by atoms with Gasteiger partial charge in [0, 0.05) is 6.54 Å². The highest BCUT2D eigenvalue weighted by atomic mass is 19.4. The van der Waals surface area contributed by atoms with Gasteiger partial charge in [0.1, 0.15) is 11.8 Å². The maximum atomic E-state index is 13.6. The van der Waals surface area contributed by atoms with Crippen LogP contribution in [-0.2, 0) is 4.79 Å². The van der Waals surface area contributed by atoms with Crippen molar-refractivity contribution < 1.29 is 22.7 Å². The number of carbonyl (C=O) groups excluding carboxylic acids is 1. The van der Waals surface area contributed by atoms with E-state index in [0.29, 0.717) is 12.4 Å². The van der Waals surface area contributed by atoms with Crippen LogP contribution in [0.3, 0.4) is 0 Å². The lowest BCUT2D eigenvalue weighted by atomic mass is 9.93. The van der Waals surface area contributed by atoms with Crippen molar-refractivity contribution in [1.82, 2.24) is 10.4 Å². The summed E-state index contributed by atoms with van der Waals surface area (Å²) in [6, 6.07) is 4.05. The van der Waals surface area contributed by atoms with Crippen LogP contribution < -0.4 is 10.2 Å². The first-order valence-electron chi connectivity index (χ1n) is 9.02. The number of amides is 1. The van der Waals surface area contributed by atoms with Gasteiger partial charge in [0.15, 0.2) is 0 Å². The van der Waals surface area contributed by atoms with E-state index in [0.717, 1.165) is 30.7 Å². The molecule has 1 unspecified atom stereocenters. The maximum Gasteiger partial charge on any atom is 0.409 e. The van der Waals surface area contributed by atoms with Gasteiger partial charge < -0.3 is 4.74 Å². The van der Waals surface area contributed by atoms with E-state index >= 15 is 0 Å². The SMILES string of the molecule is CCCCCCOc1ccc(C(N2CC(C)(C)C(=O)N2)C(F)(F)F)cc1. The average Bonchev–Trinajstić information content (AvgIpc) is 2.80. The molecule has 1 saturated heterocycles. The molecule has 26 heavy (non-hydrogen) atoms. The second kappa shape index (κ2) is 8.29. The third-order valence-electron chi connectivity index (χ3n) is 4.51. The van der Waals surface area contributed by atoms with Crippen LogP contribution in [0.2, 0.25) is 0 Å². The van der Waals surface area contributed by atoms with Crippen LogP contribution in [0.15, 0.2) is 24.3 Å². The van der Waals surface area contributed by atoms with Crippen molar-refractivity contribution in [3.05, 3.63) is 29.8 Å². The van der Waals surface area contributed by atoms with E-state index < -0.39 is 23.5 Å². The van der Waals surface area contributed by atoms with Gasteiger partial charge in [-0.15, -0.1) is 0 Å². The molecule has 0 spiro atoms. The van der Waals surface area contributed by atoms with E-state index in [4.69, 9.17) is 4.74 Å². The highest BCUT2D eigenvalue weighted by Gasteiger charge is 2.51. The van der Waals surface area contributed by atoms with Crippen molar-refractivity contribution in [2.24, 2.45) is 5.41 Å². The number of benzene rings is 1. The number of rotatable bonds is 8. The lowest BCUT2D eigenvalue weighted by molar-refractivity contribution is -0.191. The number of nitrogens with zero attached hydrogens (tertiary/aromatic N) is 1. The molecule has 0 saturated carbocycles. The summed E-state index contributed by atoms with van der Waals surface area (Å²) < 4.78 is 46.5. The summed E-state index contributed by atoms with van der Waals surface area (Å²) in [6.07, 6.45) is -0.216. The zero-order chi connectivity index (χ0) is 19.4. The first-order valence-corrected chi connectivity index (χ1v) is 9.02. The number of unbranched alkanes of at least 4 members (excludes halogenated alkanes) is 3. The molecule has 0 radical (unpaired) electrons. The molecule has 146 valence electrons. The minimum absolute atomic E-state index is 0.00824. The molecule has 1 amide bonds. The lowest BCUT2D eigenvalue weighted by Crippen LogP contribution is -2.43. The quantitative estimate of drug-likeness (QED) is 0.677. The van der Waals surface area contributed by atoms with Crippen molar-refractivity contribution in [3.8, 4) is 5.75 Å². The third kappa shape index (κ3) is 5.13. The van der Waals surface area contributed by atoms with Gasteiger partial charge in [-0.25, -0.2) is 5.01 Å². The predicted molar refractivity (Wildman–Crippen MR) is 93.5 cm³/mol. The van der Waals surface area contributed by atoms with E-state index in [1.807, 2.05) is 0 Å². The fraction of sp³-hybridized carbons (Fsp3) is 0.632. The minimum Gasteiger partial charge on any atom is -0.494 e. The number of hydrogen-bond acceptors (Lipinski definition) is 3. The Morgan fingerprint density at radius 1 is 1.19 bits per heavy atom. The molecule has 1 heterocycles. The van der Waals surface area contributed by atoms with Crippen LogP contribution in [0, 0.1) is 5.41 Å². The lowest BCUT2D eigenvalue weighted by Gasteiger charge is -2.29. The Bertz CT molecular complexity index is 600. The summed E-state index contributed by atoms with van der Waals surface area (Å²) in [6.45, 7) is 5.93. The minimum atomic E-state index is -4.50. The van der Waals surface area contributed by atoms with Crippen LogP contribution in [0.25, 0.3) is 0 Å². The van der Waals surface area contributed by atoms with Crippen molar-refractivity contribution >= 4 is 5.91 Å². The normalized spacial score (nSPS) is 18.6. The van der Waals surface area contributed by atoms with Crippen LogP contribution in [-0.4, -0.2) is 30.2 Å². The Morgan fingerprint density at radius 2 is 1.85 bits per heavy atom. The number of hydrazine groups is 1. The average molecular weight is 372 g/mol. The molecule has 1 aliphatic heterocycles. The molecule has 0 bridgehead atoms. The number of alkyl halides is 3. The molecule has 0 aliphatic carbocycles.